The predicted molar refractivity (Wildman–Crippen MR) is 71.1 cm³/mol. The quantitative estimate of drug-likeness (QED) is 0.839. The van der Waals surface area contributed by atoms with E-state index in [2.05, 4.69) is 9.82 Å². The lowest BCUT2D eigenvalue weighted by Crippen LogP contribution is -2.13. The standard InChI is InChI=1S/C12H14FN3O3S/c13-11-4-1-2-5-12(11)15-20(18,19)10-8-14-16(9-10)6-3-7-17/h1-2,4-5,8-9,15,17H,3,6-7H2. The molecular weight excluding hydrogens is 285 g/mol. The van der Waals surface area contributed by atoms with Crippen LogP contribution < -0.4 is 4.72 Å². The summed E-state index contributed by atoms with van der Waals surface area (Å²) in [4.78, 5) is -0.0568. The first-order valence-corrected chi connectivity index (χ1v) is 7.42. The van der Waals surface area contributed by atoms with Crippen molar-refractivity contribution in [2.45, 2.75) is 17.9 Å². The van der Waals surface area contributed by atoms with Crippen molar-refractivity contribution < 1.29 is 17.9 Å². The van der Waals surface area contributed by atoms with E-state index in [0.717, 1.165) is 0 Å². The van der Waals surface area contributed by atoms with E-state index < -0.39 is 15.8 Å². The number of hydrogen-bond donors (Lipinski definition) is 2. The van der Waals surface area contributed by atoms with E-state index in [9.17, 15) is 12.8 Å². The molecule has 0 aliphatic heterocycles. The number of aryl methyl sites for hydroxylation is 1. The van der Waals surface area contributed by atoms with Gasteiger partial charge in [-0.3, -0.25) is 9.40 Å². The molecule has 0 radical (unpaired) electrons. The van der Waals surface area contributed by atoms with Crippen LogP contribution in [0.2, 0.25) is 0 Å². The molecule has 6 nitrogen and oxygen atoms in total. The zero-order valence-corrected chi connectivity index (χ0v) is 11.3. The van der Waals surface area contributed by atoms with Gasteiger partial charge in [-0.25, -0.2) is 12.8 Å². The third-order valence-corrected chi connectivity index (χ3v) is 3.90. The van der Waals surface area contributed by atoms with Crippen LogP contribution in [0.25, 0.3) is 0 Å². The molecule has 0 unspecified atom stereocenters. The van der Waals surface area contributed by atoms with Crippen molar-refractivity contribution in [1.29, 1.82) is 0 Å². The van der Waals surface area contributed by atoms with Gasteiger partial charge in [0, 0.05) is 19.3 Å². The third-order valence-electron chi connectivity index (χ3n) is 2.58. The zero-order valence-electron chi connectivity index (χ0n) is 10.5. The number of sulfonamides is 1. The molecule has 1 aromatic carbocycles. The van der Waals surface area contributed by atoms with Gasteiger partial charge in [0.25, 0.3) is 10.0 Å². The van der Waals surface area contributed by atoms with Crippen LogP contribution in [0.15, 0.2) is 41.6 Å². The molecule has 8 heteroatoms. The van der Waals surface area contributed by atoms with Crippen molar-refractivity contribution in [2.75, 3.05) is 11.3 Å². The van der Waals surface area contributed by atoms with E-state index in [0.29, 0.717) is 13.0 Å². The molecule has 20 heavy (non-hydrogen) atoms. The number of para-hydroxylation sites is 1. The molecule has 0 fully saturated rings. The number of benzene rings is 1. The molecule has 2 rings (SSSR count). The molecule has 0 amide bonds. The molecule has 0 spiro atoms. The van der Waals surface area contributed by atoms with Crippen LogP contribution in [-0.4, -0.2) is 29.9 Å². The summed E-state index contributed by atoms with van der Waals surface area (Å²) < 4.78 is 41.1. The Labute approximate surface area is 115 Å². The molecule has 0 saturated heterocycles. The van der Waals surface area contributed by atoms with E-state index in [-0.39, 0.29) is 17.2 Å². The van der Waals surface area contributed by atoms with Crippen LogP contribution in [0.4, 0.5) is 10.1 Å². The number of anilines is 1. The number of rotatable bonds is 6. The highest BCUT2D eigenvalue weighted by Crippen LogP contribution is 2.18. The van der Waals surface area contributed by atoms with Crippen LogP contribution in [-0.2, 0) is 16.6 Å². The average molecular weight is 299 g/mol. The smallest absolute Gasteiger partial charge is 0.265 e. The monoisotopic (exact) mass is 299 g/mol. The maximum Gasteiger partial charge on any atom is 0.265 e. The highest BCUT2D eigenvalue weighted by Gasteiger charge is 2.18. The number of aliphatic hydroxyl groups is 1. The fraction of sp³-hybridized carbons (Fsp3) is 0.250. The minimum atomic E-state index is -3.88. The second-order valence-electron chi connectivity index (χ2n) is 4.10. The van der Waals surface area contributed by atoms with Crippen molar-refractivity contribution in [1.82, 2.24) is 9.78 Å². The Hall–Kier alpha value is -1.93. The molecule has 2 N–H and O–H groups in total. The number of aromatic nitrogens is 2. The lowest BCUT2D eigenvalue weighted by atomic mass is 10.3. The molecule has 0 atom stereocenters. The summed E-state index contributed by atoms with van der Waals surface area (Å²) in [7, 11) is -3.88. The van der Waals surface area contributed by atoms with Gasteiger partial charge in [0.1, 0.15) is 10.7 Å². The summed E-state index contributed by atoms with van der Waals surface area (Å²) in [6, 6.07) is 5.51. The van der Waals surface area contributed by atoms with Gasteiger partial charge in [-0.05, 0) is 18.6 Å². The predicted octanol–water partition coefficient (Wildman–Crippen LogP) is 1.21. The maximum atomic E-state index is 13.4. The van der Waals surface area contributed by atoms with Gasteiger partial charge in [-0.2, -0.15) is 5.10 Å². The van der Waals surface area contributed by atoms with Crippen LogP contribution in [0.5, 0.6) is 0 Å². The normalized spacial score (nSPS) is 11.5. The van der Waals surface area contributed by atoms with Gasteiger partial charge in [0.15, 0.2) is 0 Å². The fourth-order valence-electron chi connectivity index (χ4n) is 1.59. The molecule has 0 aliphatic rings. The Morgan fingerprint density at radius 3 is 2.80 bits per heavy atom. The number of aliphatic hydroxyl groups excluding tert-OH is 1. The highest BCUT2D eigenvalue weighted by atomic mass is 32.2. The van der Waals surface area contributed by atoms with Gasteiger partial charge in [-0.1, -0.05) is 12.1 Å². The highest BCUT2D eigenvalue weighted by molar-refractivity contribution is 7.92. The van der Waals surface area contributed by atoms with Gasteiger partial charge < -0.3 is 5.11 Å². The average Bonchev–Trinajstić information content (AvgIpc) is 2.88. The van der Waals surface area contributed by atoms with E-state index >= 15 is 0 Å². The van der Waals surface area contributed by atoms with Crippen molar-refractivity contribution in [2.24, 2.45) is 0 Å². The summed E-state index contributed by atoms with van der Waals surface area (Å²) in [5.41, 5.74) is -0.115. The molecule has 0 saturated carbocycles. The van der Waals surface area contributed by atoms with E-state index in [1.807, 2.05) is 0 Å². The van der Waals surface area contributed by atoms with Crippen molar-refractivity contribution in [3.05, 3.63) is 42.5 Å². The minimum absolute atomic E-state index is 0.00454. The number of hydrogen-bond acceptors (Lipinski definition) is 4. The number of halogens is 1. The fourth-order valence-corrected chi connectivity index (χ4v) is 2.61. The Morgan fingerprint density at radius 1 is 1.35 bits per heavy atom. The Bertz CT molecular complexity index is 685. The van der Waals surface area contributed by atoms with Crippen LogP contribution in [0, 0.1) is 5.82 Å². The molecule has 108 valence electrons. The summed E-state index contributed by atoms with van der Waals surface area (Å²) in [6.07, 6.45) is 2.99. The van der Waals surface area contributed by atoms with E-state index in [1.165, 1.54) is 41.3 Å². The van der Waals surface area contributed by atoms with Crippen LogP contribution >= 0.6 is 0 Å². The van der Waals surface area contributed by atoms with Gasteiger partial charge in [-0.15, -0.1) is 0 Å². The van der Waals surface area contributed by atoms with Crippen LogP contribution in [0.3, 0.4) is 0 Å². The van der Waals surface area contributed by atoms with Gasteiger partial charge in [0.2, 0.25) is 0 Å². The van der Waals surface area contributed by atoms with Crippen LogP contribution in [0.1, 0.15) is 6.42 Å². The SMILES string of the molecule is O=S(=O)(Nc1ccccc1F)c1cnn(CCCO)c1. The van der Waals surface area contributed by atoms with Crippen molar-refractivity contribution in [3.8, 4) is 0 Å². The lowest BCUT2D eigenvalue weighted by Gasteiger charge is -2.06. The first kappa shape index (κ1) is 14.5. The minimum Gasteiger partial charge on any atom is -0.396 e. The molecule has 1 heterocycles. The molecule has 0 bridgehead atoms. The molecular formula is C12H14FN3O3S. The van der Waals surface area contributed by atoms with Crippen molar-refractivity contribution >= 4 is 15.7 Å². The number of nitrogens with one attached hydrogen (secondary N) is 1. The van der Waals surface area contributed by atoms with E-state index in [4.69, 9.17) is 5.11 Å². The Balaban J connectivity index is 2.18. The second-order valence-corrected chi connectivity index (χ2v) is 5.78. The molecule has 2 aromatic rings. The zero-order chi connectivity index (χ0) is 14.6. The van der Waals surface area contributed by atoms with Crippen molar-refractivity contribution in [3.63, 3.8) is 0 Å². The Kier molecular flexibility index (Phi) is 4.35. The number of nitrogens with zero attached hydrogens (tertiary/aromatic N) is 2. The largest absolute Gasteiger partial charge is 0.396 e. The maximum absolute atomic E-state index is 13.4. The van der Waals surface area contributed by atoms with Gasteiger partial charge >= 0.3 is 0 Å². The second kappa shape index (κ2) is 6.02. The molecule has 1 aromatic heterocycles. The van der Waals surface area contributed by atoms with E-state index in [1.54, 1.807) is 0 Å². The summed E-state index contributed by atoms with van der Waals surface area (Å²) >= 11 is 0. The summed E-state index contributed by atoms with van der Waals surface area (Å²) in [6.45, 7) is 0.404. The third kappa shape index (κ3) is 3.34. The first-order chi connectivity index (χ1) is 9.53. The topological polar surface area (TPSA) is 84.2 Å². The summed E-state index contributed by atoms with van der Waals surface area (Å²) in [5, 5.41) is 12.6. The van der Waals surface area contributed by atoms with Gasteiger partial charge in [0.05, 0.1) is 11.9 Å². The summed E-state index contributed by atoms with van der Waals surface area (Å²) in [5.74, 6) is -0.649. The lowest BCUT2D eigenvalue weighted by molar-refractivity contribution is 0.277. The molecule has 0 aliphatic carbocycles. The first-order valence-electron chi connectivity index (χ1n) is 5.93. The Morgan fingerprint density at radius 2 is 2.10 bits per heavy atom.